The Hall–Kier alpha value is -1.22. The number of aliphatic hydroxyl groups is 1. The predicted molar refractivity (Wildman–Crippen MR) is 112 cm³/mol. The molecular weight excluding hydrogens is 382 g/mol. The topological polar surface area (TPSA) is 96.9 Å². The molecule has 2 saturated carbocycles. The lowest BCUT2D eigenvalue weighted by Crippen LogP contribution is -2.56. The van der Waals surface area contributed by atoms with Crippen LogP contribution in [-0.2, 0) is 9.59 Å². The van der Waals surface area contributed by atoms with Gasteiger partial charge in [-0.05, 0) is 50.9 Å². The number of nitrogens with zero attached hydrogens (tertiary/aromatic N) is 2. The molecule has 0 bridgehead atoms. The summed E-state index contributed by atoms with van der Waals surface area (Å²) >= 11 is 0. The number of hydrogen-bond donors (Lipinski definition) is 4. The average Bonchev–Trinajstić information content (AvgIpc) is 3.49. The first-order valence-corrected chi connectivity index (χ1v) is 12.0. The maximum Gasteiger partial charge on any atom is 0.241 e. The Balaban J connectivity index is 1.22. The van der Waals surface area contributed by atoms with Gasteiger partial charge in [0.15, 0.2) is 0 Å². The molecule has 2 aliphatic carbocycles. The minimum Gasteiger partial charge on any atom is -0.391 e. The van der Waals surface area contributed by atoms with Gasteiger partial charge in [0.2, 0.25) is 11.8 Å². The van der Waals surface area contributed by atoms with Crippen molar-refractivity contribution in [3.05, 3.63) is 0 Å². The van der Waals surface area contributed by atoms with Gasteiger partial charge in [-0.3, -0.25) is 15.0 Å². The van der Waals surface area contributed by atoms with E-state index in [0.717, 1.165) is 38.6 Å². The molecule has 30 heavy (non-hydrogen) atoms. The Morgan fingerprint density at radius 3 is 2.60 bits per heavy atom. The van der Waals surface area contributed by atoms with Crippen molar-refractivity contribution < 1.29 is 14.7 Å². The SMILES string of the molecule is CN(C(=O)C1NNC2CCN(C(=O)C3CC4CCCCC4N3)CC21)[C@H]1CCC[C@@H]1O. The molecule has 6 unspecified atom stereocenters. The number of fused-ring (bicyclic) bond motifs is 2. The third-order valence-electron chi connectivity index (χ3n) is 8.54. The van der Waals surface area contributed by atoms with Crippen LogP contribution in [-0.4, -0.2) is 83.2 Å². The van der Waals surface area contributed by atoms with Crippen molar-refractivity contribution in [2.24, 2.45) is 11.8 Å². The summed E-state index contributed by atoms with van der Waals surface area (Å²) in [6.07, 6.45) is 9.00. The van der Waals surface area contributed by atoms with E-state index in [4.69, 9.17) is 0 Å². The number of likely N-dealkylation sites (tertiary alicyclic amines) is 1. The average molecular weight is 420 g/mol. The molecule has 0 aromatic heterocycles. The Labute approximate surface area is 179 Å². The summed E-state index contributed by atoms with van der Waals surface area (Å²) in [5.41, 5.74) is 6.51. The molecule has 5 fully saturated rings. The molecule has 8 heteroatoms. The second kappa shape index (κ2) is 8.37. The number of nitrogens with one attached hydrogen (secondary N) is 3. The second-order valence-corrected chi connectivity index (χ2v) is 10.2. The lowest BCUT2D eigenvalue weighted by Gasteiger charge is -2.38. The van der Waals surface area contributed by atoms with E-state index >= 15 is 0 Å². The van der Waals surface area contributed by atoms with Crippen LogP contribution in [0.15, 0.2) is 0 Å². The van der Waals surface area contributed by atoms with Crippen LogP contribution in [0.5, 0.6) is 0 Å². The Morgan fingerprint density at radius 1 is 1.00 bits per heavy atom. The van der Waals surface area contributed by atoms with Crippen LogP contribution in [0.25, 0.3) is 0 Å². The van der Waals surface area contributed by atoms with Gasteiger partial charge in [0, 0.05) is 38.1 Å². The highest BCUT2D eigenvalue weighted by molar-refractivity contribution is 5.84. The van der Waals surface area contributed by atoms with Gasteiger partial charge >= 0.3 is 0 Å². The molecule has 5 rings (SSSR count). The van der Waals surface area contributed by atoms with E-state index in [1.807, 2.05) is 11.9 Å². The Kier molecular flexibility index (Phi) is 5.77. The third kappa shape index (κ3) is 3.66. The van der Waals surface area contributed by atoms with Crippen LogP contribution >= 0.6 is 0 Å². The zero-order valence-corrected chi connectivity index (χ0v) is 18.1. The van der Waals surface area contributed by atoms with E-state index in [1.165, 1.54) is 25.7 Å². The fourth-order valence-electron chi connectivity index (χ4n) is 6.73. The minimum atomic E-state index is -0.425. The normalized spacial score (nSPS) is 43.3. The van der Waals surface area contributed by atoms with Gasteiger partial charge in [0.1, 0.15) is 6.04 Å². The first-order valence-electron chi connectivity index (χ1n) is 12.0. The van der Waals surface area contributed by atoms with Gasteiger partial charge < -0.3 is 20.2 Å². The van der Waals surface area contributed by atoms with Crippen LogP contribution < -0.4 is 16.2 Å². The standard InChI is InChI=1S/C22H37N5O3/c1-26(18-7-4-8-19(18)28)22(30)20-14-12-27(10-9-16(14)24-25-20)21(29)17-11-13-5-2-3-6-15(13)23-17/h13-20,23-25,28H,2-12H2,1H3/t13?,14?,15?,16?,17?,18-,19-,20?/m0/s1. The van der Waals surface area contributed by atoms with Gasteiger partial charge in [-0.25, -0.2) is 5.43 Å². The molecule has 5 aliphatic rings. The van der Waals surface area contributed by atoms with E-state index in [-0.39, 0.29) is 41.9 Å². The third-order valence-corrected chi connectivity index (χ3v) is 8.54. The molecule has 4 N–H and O–H groups in total. The molecule has 3 saturated heterocycles. The van der Waals surface area contributed by atoms with Crippen molar-refractivity contribution >= 4 is 11.8 Å². The molecule has 0 spiro atoms. The molecule has 2 amide bonds. The Bertz CT molecular complexity index is 661. The first kappa shape index (κ1) is 20.7. The van der Waals surface area contributed by atoms with Gasteiger partial charge in [-0.1, -0.05) is 12.8 Å². The van der Waals surface area contributed by atoms with Crippen LogP contribution in [0.4, 0.5) is 0 Å². The summed E-state index contributed by atoms with van der Waals surface area (Å²) < 4.78 is 0. The Morgan fingerprint density at radius 2 is 1.83 bits per heavy atom. The molecule has 0 aromatic carbocycles. The number of amides is 2. The lowest BCUT2D eigenvalue weighted by atomic mass is 9.84. The number of aliphatic hydroxyl groups excluding tert-OH is 1. The number of hydrogen-bond acceptors (Lipinski definition) is 6. The molecule has 3 heterocycles. The maximum absolute atomic E-state index is 13.3. The summed E-state index contributed by atoms with van der Waals surface area (Å²) in [6.45, 7) is 1.37. The summed E-state index contributed by atoms with van der Waals surface area (Å²) in [5.74, 6) is 0.974. The van der Waals surface area contributed by atoms with Gasteiger partial charge in [-0.15, -0.1) is 0 Å². The van der Waals surface area contributed by atoms with Crippen LogP contribution in [0.3, 0.4) is 0 Å². The van der Waals surface area contributed by atoms with Crippen molar-refractivity contribution in [3.8, 4) is 0 Å². The van der Waals surface area contributed by atoms with Crippen LogP contribution in [0.1, 0.15) is 57.8 Å². The second-order valence-electron chi connectivity index (χ2n) is 10.2. The number of piperidine rings is 1. The van der Waals surface area contributed by atoms with Gasteiger partial charge in [-0.2, -0.15) is 0 Å². The zero-order chi connectivity index (χ0) is 20.8. The molecule has 8 nitrogen and oxygen atoms in total. The highest BCUT2D eigenvalue weighted by Gasteiger charge is 2.48. The molecular formula is C22H37N5O3. The van der Waals surface area contributed by atoms with E-state index in [1.54, 1.807) is 4.90 Å². The first-order chi connectivity index (χ1) is 14.5. The van der Waals surface area contributed by atoms with Crippen molar-refractivity contribution in [2.75, 3.05) is 20.1 Å². The van der Waals surface area contributed by atoms with Crippen molar-refractivity contribution in [1.82, 2.24) is 26.0 Å². The van der Waals surface area contributed by atoms with Crippen molar-refractivity contribution in [1.29, 1.82) is 0 Å². The zero-order valence-electron chi connectivity index (χ0n) is 18.1. The molecule has 168 valence electrons. The predicted octanol–water partition coefficient (Wildman–Crippen LogP) is -0.0276. The molecule has 8 atom stereocenters. The quantitative estimate of drug-likeness (QED) is 0.513. The monoisotopic (exact) mass is 419 g/mol. The largest absolute Gasteiger partial charge is 0.391 e. The number of carbonyl (C=O) groups is 2. The van der Waals surface area contributed by atoms with Crippen molar-refractivity contribution in [3.63, 3.8) is 0 Å². The van der Waals surface area contributed by atoms with E-state index < -0.39 is 6.10 Å². The molecule has 0 radical (unpaired) electrons. The molecule has 3 aliphatic heterocycles. The van der Waals surface area contributed by atoms with Gasteiger partial charge in [0.05, 0.1) is 18.2 Å². The number of carbonyl (C=O) groups excluding carboxylic acids is 2. The smallest absolute Gasteiger partial charge is 0.241 e. The summed E-state index contributed by atoms with van der Waals surface area (Å²) in [7, 11) is 1.81. The maximum atomic E-state index is 13.3. The minimum absolute atomic E-state index is 0.0280. The van der Waals surface area contributed by atoms with E-state index in [2.05, 4.69) is 16.2 Å². The van der Waals surface area contributed by atoms with E-state index in [0.29, 0.717) is 18.5 Å². The summed E-state index contributed by atoms with van der Waals surface area (Å²) in [5, 5.41) is 13.8. The number of likely N-dealkylation sites (N-methyl/N-ethyl adjacent to an activating group) is 1. The van der Waals surface area contributed by atoms with Crippen LogP contribution in [0, 0.1) is 11.8 Å². The fraction of sp³-hybridized carbons (Fsp3) is 0.909. The summed E-state index contributed by atoms with van der Waals surface area (Å²) in [4.78, 5) is 30.3. The van der Waals surface area contributed by atoms with E-state index in [9.17, 15) is 14.7 Å². The number of hydrazine groups is 1. The highest BCUT2D eigenvalue weighted by atomic mass is 16.3. The van der Waals surface area contributed by atoms with Crippen LogP contribution in [0.2, 0.25) is 0 Å². The van der Waals surface area contributed by atoms with Gasteiger partial charge in [0.25, 0.3) is 0 Å². The fourth-order valence-corrected chi connectivity index (χ4v) is 6.73. The lowest BCUT2D eigenvalue weighted by molar-refractivity contribution is -0.140. The van der Waals surface area contributed by atoms with Crippen molar-refractivity contribution in [2.45, 2.75) is 94.1 Å². The molecule has 0 aromatic rings. The summed E-state index contributed by atoms with van der Waals surface area (Å²) in [6, 6.07) is 0.237. The highest BCUT2D eigenvalue weighted by Crippen LogP contribution is 2.35. The number of rotatable bonds is 3.